The van der Waals surface area contributed by atoms with Crippen molar-refractivity contribution >= 4 is 18.3 Å². The Labute approximate surface area is 106 Å². The van der Waals surface area contributed by atoms with Gasteiger partial charge in [0.05, 0.1) is 0 Å². The van der Waals surface area contributed by atoms with E-state index in [1.165, 1.54) is 0 Å². The zero-order valence-corrected chi connectivity index (χ0v) is 10.1. The van der Waals surface area contributed by atoms with Crippen molar-refractivity contribution in [3.8, 4) is 11.5 Å². The van der Waals surface area contributed by atoms with Crippen molar-refractivity contribution in [2.45, 2.75) is 13.0 Å². The van der Waals surface area contributed by atoms with Gasteiger partial charge in [-0.2, -0.15) is 0 Å². The largest absolute Gasteiger partial charge is 0.454 e. The molecular formula is C11H15ClN2O3. The molecule has 1 aliphatic heterocycles. The van der Waals surface area contributed by atoms with Crippen molar-refractivity contribution < 1.29 is 14.3 Å². The number of carbonyl (C=O) groups is 1. The molecule has 0 saturated carbocycles. The molecule has 0 unspecified atom stereocenters. The van der Waals surface area contributed by atoms with Gasteiger partial charge >= 0.3 is 0 Å². The molecule has 0 saturated heterocycles. The summed E-state index contributed by atoms with van der Waals surface area (Å²) in [5, 5.41) is 3.13. The highest BCUT2D eigenvalue weighted by Crippen LogP contribution is 2.32. The Morgan fingerprint density at radius 3 is 2.88 bits per heavy atom. The highest BCUT2D eigenvalue weighted by atomic mass is 35.5. The van der Waals surface area contributed by atoms with Gasteiger partial charge in [-0.25, -0.2) is 0 Å². The molecule has 17 heavy (non-hydrogen) atoms. The van der Waals surface area contributed by atoms with Gasteiger partial charge in [-0.3, -0.25) is 4.79 Å². The van der Waals surface area contributed by atoms with Crippen LogP contribution < -0.4 is 20.5 Å². The lowest BCUT2D eigenvalue weighted by Crippen LogP contribution is -2.21. The number of benzene rings is 1. The van der Waals surface area contributed by atoms with Gasteiger partial charge < -0.3 is 20.5 Å². The molecule has 3 N–H and O–H groups in total. The van der Waals surface area contributed by atoms with E-state index in [1.807, 2.05) is 18.2 Å². The van der Waals surface area contributed by atoms with Gasteiger partial charge in [0, 0.05) is 19.5 Å². The van der Waals surface area contributed by atoms with Gasteiger partial charge in [-0.1, -0.05) is 6.07 Å². The van der Waals surface area contributed by atoms with Crippen LogP contribution in [0, 0.1) is 0 Å². The van der Waals surface area contributed by atoms with Gasteiger partial charge in [0.25, 0.3) is 0 Å². The molecule has 0 spiro atoms. The smallest absolute Gasteiger partial charge is 0.231 e. The molecule has 1 heterocycles. The summed E-state index contributed by atoms with van der Waals surface area (Å²) in [4.78, 5) is 10.5. The van der Waals surface area contributed by atoms with Gasteiger partial charge in [-0.15, -0.1) is 12.4 Å². The minimum Gasteiger partial charge on any atom is -0.454 e. The van der Waals surface area contributed by atoms with Crippen molar-refractivity contribution in [3.05, 3.63) is 23.8 Å². The third-order valence-electron chi connectivity index (χ3n) is 2.31. The number of ether oxygens (including phenoxy) is 2. The van der Waals surface area contributed by atoms with E-state index >= 15 is 0 Å². The molecule has 1 aromatic carbocycles. The van der Waals surface area contributed by atoms with E-state index in [4.69, 9.17) is 15.2 Å². The number of amides is 1. The van der Waals surface area contributed by atoms with E-state index in [0.29, 0.717) is 19.5 Å². The number of hydrogen-bond donors (Lipinski definition) is 2. The Bertz CT molecular complexity index is 398. The molecule has 0 fully saturated rings. The summed E-state index contributed by atoms with van der Waals surface area (Å²) >= 11 is 0. The van der Waals surface area contributed by atoms with E-state index in [9.17, 15) is 4.79 Å². The van der Waals surface area contributed by atoms with Crippen LogP contribution in [-0.2, 0) is 11.3 Å². The number of primary amides is 1. The van der Waals surface area contributed by atoms with E-state index in [2.05, 4.69) is 5.32 Å². The Morgan fingerprint density at radius 1 is 1.35 bits per heavy atom. The Hall–Kier alpha value is -1.46. The molecule has 5 nitrogen and oxygen atoms in total. The highest BCUT2D eigenvalue weighted by Gasteiger charge is 2.12. The van der Waals surface area contributed by atoms with E-state index in [1.54, 1.807) is 0 Å². The number of halogens is 1. The number of nitrogens with one attached hydrogen (secondary N) is 1. The van der Waals surface area contributed by atoms with Crippen LogP contribution in [0.15, 0.2) is 18.2 Å². The molecule has 94 valence electrons. The molecule has 0 bridgehead atoms. The van der Waals surface area contributed by atoms with Crippen LogP contribution in [0.25, 0.3) is 0 Å². The van der Waals surface area contributed by atoms with Crippen LogP contribution in [0.4, 0.5) is 0 Å². The number of hydrogen-bond acceptors (Lipinski definition) is 4. The molecule has 2 rings (SSSR count). The lowest BCUT2D eigenvalue weighted by molar-refractivity contribution is -0.117. The zero-order valence-electron chi connectivity index (χ0n) is 9.27. The number of nitrogens with two attached hydrogens (primary N) is 1. The molecule has 0 radical (unpaired) electrons. The summed E-state index contributed by atoms with van der Waals surface area (Å²) in [6, 6.07) is 5.78. The van der Waals surface area contributed by atoms with E-state index < -0.39 is 0 Å². The van der Waals surface area contributed by atoms with Crippen molar-refractivity contribution in [2.24, 2.45) is 5.73 Å². The minimum absolute atomic E-state index is 0. The summed E-state index contributed by atoms with van der Waals surface area (Å²) in [5.74, 6) is 1.26. The standard InChI is InChI=1S/C11H14N2O3.ClH/c12-11(14)3-4-13-6-8-1-2-9-10(5-8)16-7-15-9;/h1-2,5,13H,3-4,6-7H2,(H2,12,14);1H. The first-order chi connectivity index (χ1) is 7.75. The second-order valence-corrected chi connectivity index (χ2v) is 3.58. The summed E-state index contributed by atoms with van der Waals surface area (Å²) < 4.78 is 10.5. The fourth-order valence-electron chi connectivity index (χ4n) is 1.50. The highest BCUT2D eigenvalue weighted by molar-refractivity contribution is 5.85. The lowest BCUT2D eigenvalue weighted by Gasteiger charge is -2.04. The van der Waals surface area contributed by atoms with Crippen LogP contribution in [0.1, 0.15) is 12.0 Å². The van der Waals surface area contributed by atoms with Crippen LogP contribution >= 0.6 is 12.4 Å². The third-order valence-corrected chi connectivity index (χ3v) is 2.31. The van der Waals surface area contributed by atoms with Crippen molar-refractivity contribution in [2.75, 3.05) is 13.3 Å². The van der Waals surface area contributed by atoms with E-state index in [-0.39, 0.29) is 25.1 Å². The SMILES string of the molecule is Cl.NC(=O)CCNCc1ccc2c(c1)OCO2. The van der Waals surface area contributed by atoms with Gasteiger partial charge in [0.2, 0.25) is 12.7 Å². The van der Waals surface area contributed by atoms with Crippen LogP contribution in [-0.4, -0.2) is 19.2 Å². The minimum atomic E-state index is -0.293. The summed E-state index contributed by atoms with van der Waals surface area (Å²) in [6.07, 6.45) is 0.352. The second-order valence-electron chi connectivity index (χ2n) is 3.58. The predicted octanol–water partition coefficient (Wildman–Crippen LogP) is 0.802. The number of carbonyl (C=O) groups excluding carboxylic acids is 1. The van der Waals surface area contributed by atoms with Crippen molar-refractivity contribution in [1.29, 1.82) is 0 Å². The lowest BCUT2D eigenvalue weighted by atomic mass is 10.2. The van der Waals surface area contributed by atoms with Crippen molar-refractivity contribution in [1.82, 2.24) is 5.32 Å². The topological polar surface area (TPSA) is 73.6 Å². The molecule has 1 amide bonds. The first-order valence-electron chi connectivity index (χ1n) is 5.13. The normalized spacial score (nSPS) is 12.0. The van der Waals surface area contributed by atoms with Gasteiger partial charge in [0.1, 0.15) is 0 Å². The first kappa shape index (κ1) is 13.6. The maximum atomic E-state index is 10.5. The molecular weight excluding hydrogens is 244 g/mol. The first-order valence-corrected chi connectivity index (χ1v) is 5.13. The Morgan fingerprint density at radius 2 is 2.12 bits per heavy atom. The predicted molar refractivity (Wildman–Crippen MR) is 65.3 cm³/mol. The zero-order chi connectivity index (χ0) is 11.4. The van der Waals surface area contributed by atoms with E-state index in [0.717, 1.165) is 17.1 Å². The fourth-order valence-corrected chi connectivity index (χ4v) is 1.50. The van der Waals surface area contributed by atoms with Crippen molar-refractivity contribution in [3.63, 3.8) is 0 Å². The second kappa shape index (κ2) is 6.32. The van der Waals surface area contributed by atoms with Crippen LogP contribution in [0.3, 0.4) is 0 Å². The number of fused-ring (bicyclic) bond motifs is 1. The van der Waals surface area contributed by atoms with Gasteiger partial charge in [0.15, 0.2) is 11.5 Å². The molecule has 1 aromatic rings. The molecule has 0 aromatic heterocycles. The summed E-state index contributed by atoms with van der Waals surface area (Å²) in [6.45, 7) is 1.56. The van der Waals surface area contributed by atoms with Crippen LogP contribution in [0.5, 0.6) is 11.5 Å². The monoisotopic (exact) mass is 258 g/mol. The quantitative estimate of drug-likeness (QED) is 0.767. The molecule has 0 aliphatic carbocycles. The maximum Gasteiger partial charge on any atom is 0.231 e. The molecule has 6 heteroatoms. The fraction of sp³-hybridized carbons (Fsp3) is 0.364. The summed E-state index contributed by atoms with van der Waals surface area (Å²) in [7, 11) is 0. The summed E-state index contributed by atoms with van der Waals surface area (Å²) in [5.41, 5.74) is 6.12. The number of rotatable bonds is 5. The third kappa shape index (κ3) is 3.80. The van der Waals surface area contributed by atoms with Gasteiger partial charge in [-0.05, 0) is 17.7 Å². The Balaban J connectivity index is 0.00000144. The van der Waals surface area contributed by atoms with Crippen LogP contribution in [0.2, 0.25) is 0 Å². The maximum absolute atomic E-state index is 10.5. The Kier molecular flexibility index (Phi) is 5.06. The molecule has 1 aliphatic rings. The molecule has 0 atom stereocenters. The average Bonchev–Trinajstić information content (AvgIpc) is 2.71. The average molecular weight is 259 g/mol.